The van der Waals surface area contributed by atoms with Crippen LogP contribution in [0, 0.1) is 0 Å². The summed E-state index contributed by atoms with van der Waals surface area (Å²) < 4.78 is 5.40. The summed E-state index contributed by atoms with van der Waals surface area (Å²) in [5.41, 5.74) is 3.81. The highest BCUT2D eigenvalue weighted by atomic mass is 16.5. The molecular formula is C23H32N4O3+2. The summed E-state index contributed by atoms with van der Waals surface area (Å²) in [6.07, 6.45) is 0. The molecule has 2 amide bonds. The second-order valence-corrected chi connectivity index (χ2v) is 7.87. The topological polar surface area (TPSA) is 76.3 Å². The first-order valence-electron chi connectivity index (χ1n) is 10.5. The molecule has 2 aromatic carbocycles. The molecule has 1 saturated heterocycles. The van der Waals surface area contributed by atoms with Crippen molar-refractivity contribution in [2.24, 2.45) is 0 Å². The maximum Gasteiger partial charge on any atom is 0.279 e. The highest BCUT2D eigenvalue weighted by Crippen LogP contribution is 2.09. The third kappa shape index (κ3) is 6.66. The summed E-state index contributed by atoms with van der Waals surface area (Å²) in [5, 5.41) is 5.59. The molecule has 2 aromatic rings. The van der Waals surface area contributed by atoms with Crippen molar-refractivity contribution in [3.05, 3.63) is 65.2 Å². The molecule has 160 valence electrons. The molecule has 7 heteroatoms. The van der Waals surface area contributed by atoms with Gasteiger partial charge in [0, 0.05) is 29.4 Å². The number of quaternary nitrogens is 2. The second kappa shape index (κ2) is 10.9. The zero-order valence-electron chi connectivity index (χ0n) is 17.8. The summed E-state index contributed by atoms with van der Waals surface area (Å²) in [6, 6.07) is 15.6. The van der Waals surface area contributed by atoms with E-state index in [4.69, 9.17) is 4.74 Å². The fourth-order valence-electron chi connectivity index (χ4n) is 3.64. The van der Waals surface area contributed by atoms with Crippen molar-refractivity contribution < 1.29 is 24.1 Å². The van der Waals surface area contributed by atoms with Gasteiger partial charge in [0.2, 0.25) is 0 Å². The quantitative estimate of drug-likeness (QED) is 0.455. The van der Waals surface area contributed by atoms with Gasteiger partial charge in [-0.1, -0.05) is 24.3 Å². The van der Waals surface area contributed by atoms with Crippen LogP contribution >= 0.6 is 0 Å². The monoisotopic (exact) mass is 412 g/mol. The smallest absolute Gasteiger partial charge is 0.279 e. The van der Waals surface area contributed by atoms with Gasteiger partial charge in [-0.3, -0.25) is 9.59 Å². The first kappa shape index (κ1) is 22.0. The van der Waals surface area contributed by atoms with E-state index in [0.717, 1.165) is 49.0 Å². The number of benzene rings is 2. The third-order valence-electron chi connectivity index (χ3n) is 5.30. The fourth-order valence-corrected chi connectivity index (χ4v) is 3.64. The number of carbonyl (C=O) groups is 2. The third-order valence-corrected chi connectivity index (χ3v) is 5.30. The Kier molecular flexibility index (Phi) is 7.96. The average molecular weight is 413 g/mol. The zero-order chi connectivity index (χ0) is 21.3. The molecule has 4 N–H and O–H groups in total. The molecule has 1 unspecified atom stereocenters. The molecule has 0 saturated carbocycles. The molecule has 1 aliphatic heterocycles. The number of anilines is 1. The average Bonchev–Trinajstić information content (AvgIpc) is 2.75. The van der Waals surface area contributed by atoms with Crippen LogP contribution in [0.2, 0.25) is 0 Å². The van der Waals surface area contributed by atoms with Crippen LogP contribution in [0.25, 0.3) is 0 Å². The van der Waals surface area contributed by atoms with Gasteiger partial charge in [-0.2, -0.15) is 0 Å². The summed E-state index contributed by atoms with van der Waals surface area (Å²) in [5.74, 6) is -0.111. The molecule has 0 aromatic heterocycles. The van der Waals surface area contributed by atoms with Gasteiger partial charge in [-0.15, -0.1) is 0 Å². The van der Waals surface area contributed by atoms with Crippen LogP contribution in [0.5, 0.6) is 0 Å². The van der Waals surface area contributed by atoms with Crippen LogP contribution in [-0.2, 0) is 22.6 Å². The van der Waals surface area contributed by atoms with Crippen molar-refractivity contribution in [2.45, 2.75) is 13.1 Å². The maximum atomic E-state index is 12.4. The van der Waals surface area contributed by atoms with E-state index in [-0.39, 0.29) is 11.8 Å². The number of ether oxygens (including phenoxy) is 1. The van der Waals surface area contributed by atoms with E-state index in [2.05, 4.69) is 22.8 Å². The predicted octanol–water partition coefficient (Wildman–Crippen LogP) is -0.885. The van der Waals surface area contributed by atoms with Crippen molar-refractivity contribution in [3.8, 4) is 0 Å². The number of rotatable bonds is 8. The molecule has 7 nitrogen and oxygen atoms in total. The molecule has 0 aliphatic carbocycles. The zero-order valence-corrected chi connectivity index (χ0v) is 17.8. The minimum atomic E-state index is -0.0981. The lowest BCUT2D eigenvalue weighted by atomic mass is 10.1. The first-order chi connectivity index (χ1) is 14.5. The molecule has 1 heterocycles. The molecule has 1 fully saturated rings. The van der Waals surface area contributed by atoms with Crippen LogP contribution in [0.1, 0.15) is 21.5 Å². The van der Waals surface area contributed by atoms with Crippen molar-refractivity contribution in [1.29, 1.82) is 0 Å². The number of likely N-dealkylation sites (N-methyl/N-ethyl adjacent to an activating group) is 1. The summed E-state index contributed by atoms with van der Waals surface area (Å²) >= 11 is 0. The molecular weight excluding hydrogens is 380 g/mol. The molecule has 30 heavy (non-hydrogen) atoms. The number of amides is 2. The fraction of sp³-hybridized carbons (Fsp3) is 0.391. The summed E-state index contributed by atoms with van der Waals surface area (Å²) in [4.78, 5) is 26.6. The Hall–Kier alpha value is -2.74. The van der Waals surface area contributed by atoms with E-state index in [1.807, 2.05) is 43.4 Å². The van der Waals surface area contributed by atoms with Gasteiger partial charge >= 0.3 is 0 Å². The Bertz CT molecular complexity index is 831. The Morgan fingerprint density at radius 1 is 1.00 bits per heavy atom. The lowest BCUT2D eigenvalue weighted by molar-refractivity contribution is -0.921. The minimum Gasteiger partial charge on any atom is -0.370 e. The van der Waals surface area contributed by atoms with E-state index >= 15 is 0 Å². The second-order valence-electron chi connectivity index (χ2n) is 7.87. The van der Waals surface area contributed by atoms with Crippen molar-refractivity contribution in [1.82, 2.24) is 5.32 Å². The first-order valence-corrected chi connectivity index (χ1v) is 10.5. The van der Waals surface area contributed by atoms with Gasteiger partial charge in [0.25, 0.3) is 11.8 Å². The van der Waals surface area contributed by atoms with Gasteiger partial charge in [0.05, 0.1) is 20.3 Å². The number of carbonyl (C=O) groups excluding carboxylic acids is 2. The van der Waals surface area contributed by atoms with Crippen molar-refractivity contribution in [2.75, 3.05) is 52.3 Å². The van der Waals surface area contributed by atoms with Crippen LogP contribution in [0.3, 0.4) is 0 Å². The summed E-state index contributed by atoms with van der Waals surface area (Å²) in [7, 11) is 3.60. The molecule has 0 bridgehead atoms. The maximum absolute atomic E-state index is 12.4. The molecule has 3 rings (SSSR count). The van der Waals surface area contributed by atoms with E-state index in [1.165, 1.54) is 10.5 Å². The minimum absolute atomic E-state index is 0.0129. The Morgan fingerprint density at radius 2 is 1.63 bits per heavy atom. The van der Waals surface area contributed by atoms with E-state index in [1.54, 1.807) is 7.05 Å². The van der Waals surface area contributed by atoms with E-state index in [0.29, 0.717) is 18.7 Å². The lowest BCUT2D eigenvalue weighted by Gasteiger charge is -2.23. The van der Waals surface area contributed by atoms with Gasteiger partial charge < -0.3 is 25.2 Å². The normalized spacial score (nSPS) is 15.4. The SMILES string of the molecule is CNC(=O)c1ccc(C[NH+](C)CC(=O)Nc2ccc(C[NH+]3CCOCC3)cc2)cc1. The highest BCUT2D eigenvalue weighted by Gasteiger charge is 2.15. The molecule has 0 spiro atoms. The number of hydrogen-bond acceptors (Lipinski definition) is 3. The van der Waals surface area contributed by atoms with Crippen molar-refractivity contribution >= 4 is 17.5 Å². The Morgan fingerprint density at radius 3 is 2.27 bits per heavy atom. The van der Waals surface area contributed by atoms with Crippen LogP contribution < -0.4 is 20.4 Å². The number of nitrogens with one attached hydrogen (secondary N) is 4. The lowest BCUT2D eigenvalue weighted by Crippen LogP contribution is -3.12. The predicted molar refractivity (Wildman–Crippen MR) is 116 cm³/mol. The highest BCUT2D eigenvalue weighted by molar-refractivity contribution is 5.94. The van der Waals surface area contributed by atoms with Gasteiger partial charge in [0.15, 0.2) is 6.54 Å². The Balaban J connectivity index is 1.44. The molecule has 1 aliphatic rings. The van der Waals surface area contributed by atoms with Crippen LogP contribution in [0.15, 0.2) is 48.5 Å². The summed E-state index contributed by atoms with van der Waals surface area (Å²) in [6.45, 7) is 5.82. The molecule has 0 radical (unpaired) electrons. The van der Waals surface area contributed by atoms with Crippen LogP contribution in [0.4, 0.5) is 5.69 Å². The number of hydrogen-bond donors (Lipinski definition) is 4. The van der Waals surface area contributed by atoms with Gasteiger partial charge in [-0.05, 0) is 24.3 Å². The Labute approximate surface area is 178 Å². The largest absolute Gasteiger partial charge is 0.370 e. The number of morpholine rings is 1. The van der Waals surface area contributed by atoms with E-state index < -0.39 is 0 Å². The standard InChI is InChI=1S/C23H30N4O3/c1-24-23(29)20-7-3-18(4-8-20)15-26(2)17-22(28)25-21-9-5-19(6-10-21)16-27-11-13-30-14-12-27/h3-10H,11-17H2,1-2H3,(H,24,29)(H,25,28)/p+2. The molecule has 1 atom stereocenters. The van der Waals surface area contributed by atoms with Crippen LogP contribution in [-0.4, -0.2) is 58.8 Å². The van der Waals surface area contributed by atoms with Gasteiger partial charge in [0.1, 0.15) is 26.2 Å². The van der Waals surface area contributed by atoms with Gasteiger partial charge in [-0.25, -0.2) is 0 Å². The van der Waals surface area contributed by atoms with E-state index in [9.17, 15) is 9.59 Å². The van der Waals surface area contributed by atoms with Crippen molar-refractivity contribution in [3.63, 3.8) is 0 Å².